The van der Waals surface area contributed by atoms with Crippen molar-refractivity contribution in [3.63, 3.8) is 0 Å². The van der Waals surface area contributed by atoms with E-state index in [1.807, 2.05) is 0 Å². The Kier molecular flexibility index (Phi) is 12.7. The Morgan fingerprint density at radius 2 is 1.90 bits per heavy atom. The monoisotopic (exact) mass is 142 g/mol. The number of hydrogen-bond donors (Lipinski definition) is 0. The van der Waals surface area contributed by atoms with Gasteiger partial charge in [0.15, 0.2) is 0 Å². The summed E-state index contributed by atoms with van der Waals surface area (Å²) in [4.78, 5) is 9.82. The van der Waals surface area contributed by atoms with Gasteiger partial charge in [-0.15, -0.1) is 0 Å². The molecule has 0 bridgehead atoms. The van der Waals surface area contributed by atoms with Gasteiger partial charge in [0.25, 0.3) is 0 Å². The van der Waals surface area contributed by atoms with Crippen LogP contribution in [0.25, 0.3) is 0 Å². The lowest BCUT2D eigenvalue weighted by molar-refractivity contribution is -0.140. The molecule has 2 nitrogen and oxygen atoms in total. The van der Waals surface area contributed by atoms with Gasteiger partial charge in [-0.1, -0.05) is 25.3 Å². The zero-order chi connectivity index (χ0) is 8.41. The average molecular weight is 142 g/mol. The maximum absolute atomic E-state index is 9.82. The molecule has 0 unspecified atom stereocenters. The largest absolute Gasteiger partial charge is 0.466 e. The van der Waals surface area contributed by atoms with Gasteiger partial charge in [0, 0.05) is 6.92 Å². The highest BCUT2D eigenvalue weighted by molar-refractivity contribution is 5.65. The van der Waals surface area contributed by atoms with E-state index in [1.165, 1.54) is 6.92 Å². The van der Waals surface area contributed by atoms with Crippen LogP contribution in [0.3, 0.4) is 0 Å². The first-order valence-corrected chi connectivity index (χ1v) is 3.05. The number of carbonyl (C=O) groups is 1. The smallest absolute Gasteiger partial charge is 0.302 e. The molecule has 0 aliphatic rings. The van der Waals surface area contributed by atoms with Gasteiger partial charge in [-0.25, -0.2) is 0 Å². The third kappa shape index (κ3) is 28.3. The fourth-order valence-electron chi connectivity index (χ4n) is 0.203. The van der Waals surface area contributed by atoms with Gasteiger partial charge in [0.1, 0.15) is 0 Å². The minimum absolute atomic E-state index is 0.211. The molecular weight excluding hydrogens is 128 g/mol. The van der Waals surface area contributed by atoms with Crippen molar-refractivity contribution in [1.82, 2.24) is 0 Å². The summed E-state index contributed by atoms with van der Waals surface area (Å²) < 4.78 is 4.40. The van der Waals surface area contributed by atoms with E-state index in [2.05, 4.69) is 17.9 Å². The highest BCUT2D eigenvalue weighted by atomic mass is 16.5. The molecule has 0 fully saturated rings. The Morgan fingerprint density at radius 3 is 1.90 bits per heavy atom. The van der Waals surface area contributed by atoms with E-state index >= 15 is 0 Å². The molecule has 0 aromatic carbocycles. The summed E-state index contributed by atoms with van der Waals surface area (Å²) >= 11 is 0. The second-order valence-electron chi connectivity index (χ2n) is 1.40. The number of carbonyl (C=O) groups excluding carboxylic acids is 1. The number of allylic oxidation sites excluding steroid dienone is 2. The Balaban J connectivity index is 0. The minimum Gasteiger partial charge on any atom is -0.466 e. The van der Waals surface area contributed by atoms with Gasteiger partial charge < -0.3 is 4.74 Å². The van der Waals surface area contributed by atoms with E-state index in [0.29, 0.717) is 6.61 Å². The van der Waals surface area contributed by atoms with E-state index < -0.39 is 0 Å². The Morgan fingerprint density at radius 1 is 1.50 bits per heavy atom. The van der Waals surface area contributed by atoms with Crippen LogP contribution in [0.1, 0.15) is 13.8 Å². The number of ether oxygens (including phenoxy) is 1. The van der Waals surface area contributed by atoms with Gasteiger partial charge >= 0.3 is 5.97 Å². The molecule has 10 heavy (non-hydrogen) atoms. The van der Waals surface area contributed by atoms with Crippen LogP contribution in [0.2, 0.25) is 0 Å². The van der Waals surface area contributed by atoms with Crippen molar-refractivity contribution in [2.75, 3.05) is 6.61 Å². The molecule has 0 amide bonds. The second-order valence-corrected chi connectivity index (χ2v) is 1.40. The van der Waals surface area contributed by atoms with Crippen molar-refractivity contribution >= 4 is 5.97 Å². The van der Waals surface area contributed by atoms with Gasteiger partial charge in [-0.2, -0.15) is 0 Å². The van der Waals surface area contributed by atoms with Crippen LogP contribution in [-0.4, -0.2) is 12.6 Å². The predicted molar refractivity (Wildman–Crippen MR) is 42.7 cm³/mol. The normalized spacial score (nSPS) is 6.60. The van der Waals surface area contributed by atoms with Crippen molar-refractivity contribution < 1.29 is 9.53 Å². The van der Waals surface area contributed by atoms with Crippen LogP contribution in [0.15, 0.2) is 25.3 Å². The molecule has 58 valence electrons. The molecule has 0 saturated heterocycles. The van der Waals surface area contributed by atoms with Gasteiger partial charge in [0.2, 0.25) is 0 Å². The summed E-state index contributed by atoms with van der Waals surface area (Å²) in [6.07, 6.45) is 3.28. The first-order chi connectivity index (χ1) is 4.68. The van der Waals surface area contributed by atoms with E-state index in [4.69, 9.17) is 0 Å². The number of hydrogen-bond acceptors (Lipinski definition) is 2. The lowest BCUT2D eigenvalue weighted by Crippen LogP contribution is -1.95. The van der Waals surface area contributed by atoms with Crippen molar-refractivity contribution in [1.29, 1.82) is 0 Å². The topological polar surface area (TPSA) is 26.3 Å². The SMILES string of the molecule is C=CC=C.CCOC(C)=O. The predicted octanol–water partition coefficient (Wildman–Crippen LogP) is 1.93. The Labute approximate surface area is 62.2 Å². The summed E-state index contributed by atoms with van der Waals surface area (Å²) in [5.74, 6) is -0.211. The molecule has 0 radical (unpaired) electrons. The summed E-state index contributed by atoms with van der Waals surface area (Å²) in [5.41, 5.74) is 0. The second kappa shape index (κ2) is 10.8. The summed E-state index contributed by atoms with van der Waals surface area (Å²) in [6.45, 7) is 10.4. The van der Waals surface area contributed by atoms with E-state index in [0.717, 1.165) is 0 Å². The summed E-state index contributed by atoms with van der Waals surface area (Å²) in [6, 6.07) is 0. The molecule has 0 spiro atoms. The third-order valence-electron chi connectivity index (χ3n) is 0.514. The van der Waals surface area contributed by atoms with Crippen molar-refractivity contribution in [3.05, 3.63) is 25.3 Å². The Hall–Kier alpha value is -1.05. The third-order valence-corrected chi connectivity index (χ3v) is 0.514. The quantitative estimate of drug-likeness (QED) is 0.435. The molecule has 0 aromatic heterocycles. The first-order valence-electron chi connectivity index (χ1n) is 3.05. The Bertz CT molecular complexity index is 99.8. The van der Waals surface area contributed by atoms with Crippen LogP contribution in [0.4, 0.5) is 0 Å². The maximum atomic E-state index is 9.82. The van der Waals surface area contributed by atoms with Crippen LogP contribution in [0.5, 0.6) is 0 Å². The van der Waals surface area contributed by atoms with E-state index in [-0.39, 0.29) is 5.97 Å². The highest BCUT2D eigenvalue weighted by Gasteiger charge is 1.81. The molecule has 0 aliphatic heterocycles. The summed E-state index contributed by atoms with van der Waals surface area (Å²) in [7, 11) is 0. The van der Waals surface area contributed by atoms with Crippen molar-refractivity contribution in [2.24, 2.45) is 0 Å². The number of rotatable bonds is 2. The van der Waals surface area contributed by atoms with Gasteiger partial charge in [0.05, 0.1) is 6.61 Å². The van der Waals surface area contributed by atoms with E-state index in [9.17, 15) is 4.79 Å². The van der Waals surface area contributed by atoms with Crippen LogP contribution in [-0.2, 0) is 9.53 Å². The van der Waals surface area contributed by atoms with Crippen molar-refractivity contribution in [3.8, 4) is 0 Å². The average Bonchev–Trinajstić information content (AvgIpc) is 1.89. The first kappa shape index (κ1) is 11.7. The fraction of sp³-hybridized carbons (Fsp3) is 0.375. The molecule has 2 heteroatoms. The lowest BCUT2D eigenvalue weighted by atomic mass is 10.6. The molecule has 0 aromatic rings. The molecule has 0 aliphatic carbocycles. The highest BCUT2D eigenvalue weighted by Crippen LogP contribution is 1.69. The standard InChI is InChI=1S/C4H8O2.C4H6/c1-3-6-4(2)5;1-3-4-2/h3H2,1-2H3;3-4H,1-2H2. The zero-order valence-electron chi connectivity index (χ0n) is 6.59. The molecule has 0 rings (SSSR count). The van der Waals surface area contributed by atoms with Gasteiger partial charge in [-0.3, -0.25) is 4.79 Å². The number of esters is 1. The van der Waals surface area contributed by atoms with Crippen LogP contribution < -0.4 is 0 Å². The van der Waals surface area contributed by atoms with Gasteiger partial charge in [-0.05, 0) is 6.92 Å². The van der Waals surface area contributed by atoms with Crippen LogP contribution in [0, 0.1) is 0 Å². The molecule has 0 atom stereocenters. The lowest BCUT2D eigenvalue weighted by Gasteiger charge is -1.89. The minimum atomic E-state index is -0.211. The van der Waals surface area contributed by atoms with E-state index in [1.54, 1.807) is 19.1 Å². The van der Waals surface area contributed by atoms with Crippen molar-refractivity contribution in [2.45, 2.75) is 13.8 Å². The molecule has 0 N–H and O–H groups in total. The maximum Gasteiger partial charge on any atom is 0.302 e. The zero-order valence-corrected chi connectivity index (χ0v) is 6.59. The molecular formula is C8H14O2. The molecule has 0 saturated carbocycles. The summed E-state index contributed by atoms with van der Waals surface area (Å²) in [5, 5.41) is 0. The van der Waals surface area contributed by atoms with Crippen LogP contribution >= 0.6 is 0 Å². The molecule has 0 heterocycles. The fourth-order valence-corrected chi connectivity index (χ4v) is 0.203.